The molecule has 6 aromatic carbocycles. The van der Waals surface area contributed by atoms with Crippen molar-refractivity contribution in [1.29, 1.82) is 0 Å². The molecule has 0 bridgehead atoms. The number of rotatable bonds is 4. The second kappa shape index (κ2) is 11.1. The third-order valence-corrected chi connectivity index (χ3v) is 11.4. The Morgan fingerprint density at radius 2 is 1.27 bits per heavy atom. The van der Waals surface area contributed by atoms with Crippen molar-refractivity contribution in [3.8, 4) is 34.2 Å². The summed E-state index contributed by atoms with van der Waals surface area (Å²) in [6, 6.07) is 50.8. The summed E-state index contributed by atoms with van der Waals surface area (Å²) < 4.78 is 9.38. The molecule has 3 aromatic heterocycles. The lowest BCUT2D eigenvalue weighted by molar-refractivity contribution is 0.668. The fourth-order valence-electron chi connectivity index (χ4n) is 7.98. The van der Waals surface area contributed by atoms with Crippen LogP contribution in [0.4, 0.5) is 11.4 Å². The van der Waals surface area contributed by atoms with Crippen molar-refractivity contribution in [3.05, 3.63) is 161 Å². The highest BCUT2D eigenvalue weighted by Crippen LogP contribution is 2.47. The number of fused-ring (bicyclic) bond motifs is 9. The predicted octanol–water partition coefficient (Wildman–Crippen LogP) is 9.89. The standard InChI is InChI=1S/C45H28N4OS/c1-3-12-27(13-4-1)43-46-44(28-14-5-2-6-15-28)48-45(47-43)34-18-11-20-37-40(34)33-23-22-29(26-38(33)50-37)49-35-19-9-7-17-32(35)41-36(49)25-24-31-30-16-8-10-21-39(30)51-42(31)41/h1-24,26,36H,25H2. The van der Waals surface area contributed by atoms with Crippen LogP contribution < -0.4 is 14.7 Å². The zero-order valence-corrected chi connectivity index (χ0v) is 28.1. The molecule has 0 amide bonds. The number of para-hydroxylation sites is 1. The average molecular weight is 673 g/mol. The van der Waals surface area contributed by atoms with E-state index in [1.807, 2.05) is 84.1 Å². The van der Waals surface area contributed by atoms with Crippen LogP contribution in [0.25, 0.3) is 77.8 Å². The monoisotopic (exact) mass is 672 g/mol. The molecule has 6 heteroatoms. The van der Waals surface area contributed by atoms with Gasteiger partial charge in [0.05, 0.1) is 6.04 Å². The highest BCUT2D eigenvalue weighted by molar-refractivity contribution is 7.17. The van der Waals surface area contributed by atoms with Crippen molar-refractivity contribution in [2.24, 2.45) is 0 Å². The van der Waals surface area contributed by atoms with Crippen molar-refractivity contribution in [2.75, 3.05) is 4.90 Å². The van der Waals surface area contributed by atoms with Crippen LogP contribution >= 0.6 is 11.3 Å². The quantitative estimate of drug-likeness (QED) is 0.186. The summed E-state index contributed by atoms with van der Waals surface area (Å²) in [6.45, 7) is 0. The van der Waals surface area contributed by atoms with Gasteiger partial charge < -0.3 is 9.32 Å². The molecule has 0 N–H and O–H groups in total. The normalized spacial score (nSPS) is 14.9. The second-order valence-electron chi connectivity index (χ2n) is 13.1. The van der Waals surface area contributed by atoms with Crippen molar-refractivity contribution in [1.82, 2.24) is 15.0 Å². The highest BCUT2D eigenvalue weighted by Gasteiger charge is 2.37. The summed E-state index contributed by atoms with van der Waals surface area (Å²) in [5.41, 5.74) is 9.53. The molecule has 1 aliphatic carbocycles. The molecular formula is C45H28N4OS. The first-order valence-corrected chi connectivity index (χ1v) is 18.0. The Kier molecular flexibility index (Phi) is 6.18. The molecular weight excluding hydrogens is 645 g/mol. The first-order valence-electron chi connectivity index (χ1n) is 17.2. The first kappa shape index (κ1) is 28.5. The maximum absolute atomic E-state index is 6.65. The van der Waals surface area contributed by atoms with E-state index < -0.39 is 0 Å². The van der Waals surface area contributed by atoms with Crippen LogP contribution in [0.15, 0.2) is 150 Å². The van der Waals surface area contributed by atoms with E-state index in [1.165, 1.54) is 36.7 Å². The van der Waals surface area contributed by atoms with Gasteiger partial charge in [0.25, 0.3) is 0 Å². The Hall–Kier alpha value is -6.37. The van der Waals surface area contributed by atoms with E-state index in [9.17, 15) is 0 Å². The molecule has 2 aliphatic rings. The molecule has 0 saturated heterocycles. The topological polar surface area (TPSA) is 55.1 Å². The minimum atomic E-state index is 0.207. The summed E-state index contributed by atoms with van der Waals surface area (Å²) in [5.74, 6) is 1.89. The van der Waals surface area contributed by atoms with E-state index in [0.29, 0.717) is 17.5 Å². The van der Waals surface area contributed by atoms with Gasteiger partial charge in [-0.2, -0.15) is 0 Å². The molecule has 0 spiro atoms. The fourth-order valence-corrected chi connectivity index (χ4v) is 9.29. The van der Waals surface area contributed by atoms with Gasteiger partial charge in [-0.3, -0.25) is 0 Å². The average Bonchev–Trinajstić information content (AvgIpc) is 3.87. The van der Waals surface area contributed by atoms with Crippen LogP contribution in [0.3, 0.4) is 0 Å². The lowest BCUT2D eigenvalue weighted by atomic mass is 9.95. The minimum absolute atomic E-state index is 0.207. The van der Waals surface area contributed by atoms with Crippen molar-refractivity contribution >= 4 is 66.4 Å². The van der Waals surface area contributed by atoms with Gasteiger partial charge in [-0.1, -0.05) is 115 Å². The van der Waals surface area contributed by atoms with Crippen LogP contribution in [-0.2, 0) is 0 Å². The fraction of sp³-hybridized carbons (Fsp3) is 0.0444. The van der Waals surface area contributed by atoms with E-state index in [1.54, 1.807) is 0 Å². The summed E-state index contributed by atoms with van der Waals surface area (Å²) in [4.78, 5) is 17.5. The molecule has 51 heavy (non-hydrogen) atoms. The molecule has 5 nitrogen and oxygen atoms in total. The molecule has 4 heterocycles. The van der Waals surface area contributed by atoms with Gasteiger partial charge in [0.1, 0.15) is 11.2 Å². The molecule has 0 saturated carbocycles. The SMILES string of the molecule is C1=c2c(sc3ccccc23)=C2c3ccccc3N(c3ccc4c(c3)oc3cccc(-c5nc(-c6ccccc6)nc(-c6ccccc6)n5)c34)C2C1. The van der Waals surface area contributed by atoms with Gasteiger partial charge >= 0.3 is 0 Å². The number of aromatic nitrogens is 3. The number of nitrogens with zero attached hydrogens (tertiary/aromatic N) is 4. The minimum Gasteiger partial charge on any atom is -0.456 e. The number of hydrogen-bond acceptors (Lipinski definition) is 6. The molecule has 1 unspecified atom stereocenters. The maximum atomic E-state index is 6.65. The Morgan fingerprint density at radius 3 is 2.08 bits per heavy atom. The highest BCUT2D eigenvalue weighted by atomic mass is 32.1. The van der Waals surface area contributed by atoms with E-state index in [-0.39, 0.29) is 6.04 Å². The summed E-state index contributed by atoms with van der Waals surface area (Å²) in [7, 11) is 0. The Bertz CT molecular complexity index is 2910. The van der Waals surface area contributed by atoms with Crippen LogP contribution in [0.5, 0.6) is 0 Å². The zero-order chi connectivity index (χ0) is 33.5. The van der Waals surface area contributed by atoms with Gasteiger partial charge in [-0.15, -0.1) is 11.3 Å². The van der Waals surface area contributed by atoms with Crippen LogP contribution in [0, 0.1) is 0 Å². The van der Waals surface area contributed by atoms with Gasteiger partial charge in [0.15, 0.2) is 17.5 Å². The lowest BCUT2D eigenvalue weighted by Crippen LogP contribution is -2.36. The van der Waals surface area contributed by atoms with E-state index in [4.69, 9.17) is 19.4 Å². The molecule has 0 fully saturated rings. The number of hydrogen-bond donors (Lipinski definition) is 0. The Morgan fingerprint density at radius 1 is 0.588 bits per heavy atom. The van der Waals surface area contributed by atoms with Crippen LogP contribution in [0.1, 0.15) is 12.0 Å². The number of thiophene rings is 1. The molecule has 9 aromatic rings. The number of anilines is 2. The second-order valence-corrected chi connectivity index (χ2v) is 14.1. The first-order chi connectivity index (χ1) is 25.3. The third kappa shape index (κ3) is 4.36. The number of furan rings is 1. The summed E-state index contributed by atoms with van der Waals surface area (Å²) in [5, 5.41) is 4.76. The molecule has 240 valence electrons. The predicted molar refractivity (Wildman–Crippen MR) is 208 cm³/mol. The van der Waals surface area contributed by atoms with Crippen molar-refractivity contribution < 1.29 is 4.42 Å². The van der Waals surface area contributed by atoms with E-state index in [2.05, 4.69) is 83.8 Å². The number of benzene rings is 6. The van der Waals surface area contributed by atoms with Gasteiger partial charge in [-0.05, 0) is 47.4 Å². The van der Waals surface area contributed by atoms with E-state index >= 15 is 0 Å². The molecule has 0 radical (unpaired) electrons. The maximum Gasteiger partial charge on any atom is 0.164 e. The Labute approximate surface area is 297 Å². The van der Waals surface area contributed by atoms with Gasteiger partial charge in [-0.25, -0.2) is 15.0 Å². The summed E-state index contributed by atoms with van der Waals surface area (Å²) >= 11 is 1.91. The van der Waals surface area contributed by atoms with E-state index in [0.717, 1.165) is 50.7 Å². The molecule has 11 rings (SSSR count). The molecule has 1 atom stereocenters. The van der Waals surface area contributed by atoms with Crippen LogP contribution in [0.2, 0.25) is 0 Å². The lowest BCUT2D eigenvalue weighted by Gasteiger charge is -2.28. The largest absolute Gasteiger partial charge is 0.456 e. The van der Waals surface area contributed by atoms with Gasteiger partial charge in [0.2, 0.25) is 0 Å². The molecule has 1 aliphatic heterocycles. The van der Waals surface area contributed by atoms with Crippen LogP contribution in [-0.4, -0.2) is 21.0 Å². The van der Waals surface area contributed by atoms with Crippen molar-refractivity contribution in [2.45, 2.75) is 12.5 Å². The van der Waals surface area contributed by atoms with Crippen molar-refractivity contribution in [3.63, 3.8) is 0 Å². The summed E-state index contributed by atoms with van der Waals surface area (Å²) in [6.07, 6.45) is 3.38. The third-order valence-electron chi connectivity index (χ3n) is 10.2. The zero-order valence-electron chi connectivity index (χ0n) is 27.3. The smallest absolute Gasteiger partial charge is 0.164 e. The van der Waals surface area contributed by atoms with Gasteiger partial charge in [0, 0.05) is 65.3 Å². The Balaban J connectivity index is 1.08.